The van der Waals surface area contributed by atoms with Crippen LogP contribution < -0.4 is 5.32 Å². The molecule has 70 heavy (non-hydrogen) atoms. The molecule has 1 unspecified atom stereocenters. The zero-order valence-electron chi connectivity index (χ0n) is 44.0. The Morgan fingerprint density at radius 1 is 1.00 bits per heavy atom. The fourth-order valence-electron chi connectivity index (χ4n) is 10.7. The van der Waals surface area contributed by atoms with Gasteiger partial charge in [-0.3, -0.25) is 9.59 Å². The van der Waals surface area contributed by atoms with Crippen molar-refractivity contribution in [2.24, 2.45) is 23.7 Å². The van der Waals surface area contributed by atoms with Crippen LogP contribution in [0.25, 0.3) is 11.1 Å². The maximum Gasteiger partial charge on any atom is 0.311 e. The molecule has 0 spiro atoms. The van der Waals surface area contributed by atoms with Gasteiger partial charge in [0.2, 0.25) is 5.91 Å². The van der Waals surface area contributed by atoms with Gasteiger partial charge in [-0.05, 0) is 111 Å². The number of halogens is 1. The largest absolute Gasteiger partial charge is 0.459 e. The number of alkyl halides is 1. The molecule has 2 aromatic rings. The van der Waals surface area contributed by atoms with Crippen molar-refractivity contribution < 1.29 is 67.7 Å². The SMILES string of the molecule is CC1[C@H](O)O[C@H](C)C[C@@H]1N(C)CCC(=O)N[C@H](CF)[C@H](O)c1ccc(-c2cnoc2)cc1.CC[C@H]1OC(=O)[C@H](C)[C@@H](O[C@H]2C[C@@H](OC)C[C@H](C)O2)[C@H](C)C[C@](C)(O)C[C@@H](C)CN(C)[C@H](C)[C@@H](O)[C@]1(C)O. The summed E-state index contributed by atoms with van der Waals surface area (Å²) in [5.41, 5.74) is -0.508. The molecule has 0 aliphatic carbocycles. The van der Waals surface area contributed by atoms with E-state index in [0.29, 0.717) is 44.3 Å². The average Bonchev–Trinajstić information content (AvgIpc) is 3.85. The fourth-order valence-corrected chi connectivity index (χ4v) is 10.7. The number of likely N-dealkylation sites (N-methyl/N-ethyl adjacent to an activating group) is 1. The monoisotopic (exact) mass is 995 g/mol. The predicted molar refractivity (Wildman–Crippen MR) is 262 cm³/mol. The number of carbonyl (C=O) groups excluding carboxylic acids is 2. The van der Waals surface area contributed by atoms with Gasteiger partial charge in [0.15, 0.2) is 12.6 Å². The summed E-state index contributed by atoms with van der Waals surface area (Å²) in [5, 5.41) is 60.9. The number of nitrogens with zero attached hydrogens (tertiary/aromatic N) is 3. The molecule has 4 heterocycles. The van der Waals surface area contributed by atoms with Crippen LogP contribution in [0.3, 0.4) is 0 Å². The zero-order valence-corrected chi connectivity index (χ0v) is 44.0. The number of nitrogens with one attached hydrogen (secondary N) is 1. The second-order valence-corrected chi connectivity index (χ2v) is 21.3. The quantitative estimate of drug-likeness (QED) is 0.138. The topological polar surface area (TPSA) is 226 Å². The summed E-state index contributed by atoms with van der Waals surface area (Å²) in [6.07, 6.45) is 1.25. The van der Waals surface area contributed by atoms with Crippen LogP contribution in [0.5, 0.6) is 0 Å². The van der Waals surface area contributed by atoms with Crippen molar-refractivity contribution in [3.05, 3.63) is 42.3 Å². The van der Waals surface area contributed by atoms with Crippen molar-refractivity contribution in [2.45, 2.75) is 199 Å². The van der Waals surface area contributed by atoms with Crippen LogP contribution in [0.1, 0.15) is 126 Å². The second-order valence-electron chi connectivity index (χ2n) is 21.3. The molecule has 0 saturated carbocycles. The van der Waals surface area contributed by atoms with Gasteiger partial charge in [0, 0.05) is 56.6 Å². The van der Waals surface area contributed by atoms with E-state index in [-0.39, 0.29) is 54.4 Å². The molecule has 1 amide bonds. The Morgan fingerprint density at radius 3 is 2.26 bits per heavy atom. The van der Waals surface area contributed by atoms with E-state index in [4.69, 9.17) is 28.2 Å². The van der Waals surface area contributed by atoms with Crippen molar-refractivity contribution in [3.63, 3.8) is 0 Å². The fraction of sp³-hybridized carbons (Fsp3) is 0.788. The third-order valence-electron chi connectivity index (χ3n) is 14.9. The molecule has 5 rings (SSSR count). The normalized spacial score (nSPS) is 37.2. The van der Waals surface area contributed by atoms with E-state index >= 15 is 0 Å². The van der Waals surface area contributed by atoms with Gasteiger partial charge in [0.25, 0.3) is 0 Å². The molecule has 1 aromatic carbocycles. The lowest BCUT2D eigenvalue weighted by Gasteiger charge is -2.42. The number of aliphatic hydroxyl groups excluding tert-OH is 3. The van der Waals surface area contributed by atoms with Crippen molar-refractivity contribution >= 4 is 11.9 Å². The number of aromatic nitrogens is 1. The molecular weight excluding hydrogens is 908 g/mol. The number of benzene rings is 1. The van der Waals surface area contributed by atoms with Gasteiger partial charge in [-0.1, -0.05) is 57.1 Å². The summed E-state index contributed by atoms with van der Waals surface area (Å²) in [7, 11) is 5.47. The van der Waals surface area contributed by atoms with E-state index in [1.807, 2.05) is 72.4 Å². The molecule has 18 heteroatoms. The lowest BCUT2D eigenvalue weighted by molar-refractivity contribution is -0.250. The summed E-state index contributed by atoms with van der Waals surface area (Å²) < 4.78 is 47.9. The maximum absolute atomic E-state index is 13.6. The van der Waals surface area contributed by atoms with Gasteiger partial charge in [0.05, 0.1) is 48.2 Å². The number of hydrogen-bond acceptors (Lipinski definition) is 16. The first kappa shape index (κ1) is 59.4. The molecule has 6 N–H and O–H groups in total. The van der Waals surface area contributed by atoms with E-state index in [2.05, 4.69) is 17.4 Å². The van der Waals surface area contributed by atoms with Gasteiger partial charge < -0.3 is 68.9 Å². The van der Waals surface area contributed by atoms with Crippen LogP contribution >= 0.6 is 0 Å². The van der Waals surface area contributed by atoms with Crippen LogP contribution in [-0.2, 0) is 33.3 Å². The first-order chi connectivity index (χ1) is 32.8. The number of cyclic esters (lactones) is 1. The van der Waals surface area contributed by atoms with Gasteiger partial charge in [-0.25, -0.2) is 4.39 Å². The Kier molecular flexibility index (Phi) is 22.7. The van der Waals surface area contributed by atoms with E-state index in [1.54, 1.807) is 44.5 Å². The molecule has 3 saturated heterocycles. The second kappa shape index (κ2) is 26.7. The number of carbonyl (C=O) groups is 2. The predicted octanol–water partition coefficient (Wildman–Crippen LogP) is 5.40. The number of aliphatic hydroxyl groups is 5. The molecule has 18 atom stereocenters. The van der Waals surface area contributed by atoms with Crippen molar-refractivity contribution in [2.75, 3.05) is 41.0 Å². The summed E-state index contributed by atoms with van der Waals surface area (Å²) >= 11 is 0. The number of ether oxygens (including phenoxy) is 5. The van der Waals surface area contributed by atoms with Gasteiger partial charge >= 0.3 is 5.97 Å². The highest BCUT2D eigenvalue weighted by Crippen LogP contribution is 2.36. The first-order valence-corrected chi connectivity index (χ1v) is 25.3. The molecule has 3 aliphatic heterocycles. The van der Waals surface area contributed by atoms with Crippen LogP contribution in [-0.4, -0.2) is 172 Å². The molecule has 1 aromatic heterocycles. The average molecular weight is 995 g/mol. The number of methoxy groups -OCH3 is 1. The van der Waals surface area contributed by atoms with Crippen LogP contribution in [0.4, 0.5) is 4.39 Å². The van der Waals surface area contributed by atoms with E-state index in [0.717, 1.165) is 24.0 Å². The van der Waals surface area contributed by atoms with Gasteiger partial charge in [-0.2, -0.15) is 0 Å². The Hall–Kier alpha value is -3.14. The number of esters is 1. The highest BCUT2D eigenvalue weighted by Gasteiger charge is 2.47. The lowest BCUT2D eigenvalue weighted by Crippen LogP contribution is -2.59. The first-order valence-electron chi connectivity index (χ1n) is 25.3. The minimum absolute atomic E-state index is 0.00688. The number of hydrogen-bond donors (Lipinski definition) is 6. The van der Waals surface area contributed by atoms with Crippen LogP contribution in [0.2, 0.25) is 0 Å². The minimum atomic E-state index is -1.66. The van der Waals surface area contributed by atoms with Crippen LogP contribution in [0.15, 0.2) is 41.2 Å². The number of rotatable bonds is 13. The van der Waals surface area contributed by atoms with E-state index in [1.165, 1.54) is 13.2 Å². The van der Waals surface area contributed by atoms with Gasteiger partial charge in [-0.15, -0.1) is 0 Å². The van der Waals surface area contributed by atoms with Crippen LogP contribution in [0, 0.1) is 23.7 Å². The summed E-state index contributed by atoms with van der Waals surface area (Å²) in [6.45, 7) is 18.8. The molecule has 400 valence electrons. The molecule has 3 fully saturated rings. The molecular formula is C52H87FN4O13. The molecule has 17 nitrogen and oxygen atoms in total. The summed E-state index contributed by atoms with van der Waals surface area (Å²) in [6, 6.07) is 5.57. The third-order valence-corrected chi connectivity index (χ3v) is 14.9. The highest BCUT2D eigenvalue weighted by atomic mass is 19.1. The Balaban J connectivity index is 0.000000309. The minimum Gasteiger partial charge on any atom is -0.459 e. The number of amides is 1. The standard InChI is InChI=1S/C29H55NO8.C23H32FN3O5/c1-11-23-29(8,34)26(31)21(6)30(9)16-17(2)14-28(7,33)15-18(3)25(20(5)27(32)37-23)38-24-13-22(35-10)12-19(4)36-24;1-14-10-20(15(2)23(30)32-14)27(3)9-8-21(28)26-19(11-24)22(29)17-6-4-16(5-7-17)18-12-25-31-13-18/h17-26,31,33-34H,11-16H2,1-10H3;4-7,12-15,19-20,22-23,29-30H,8-11H2,1-3H3,(H,26,28)/t17-,18-,19+,20-,21-,22+,23-,24+,25+,26-,28-,29-;14-,15?,19-,20+,22-,23-/m11/s1. The van der Waals surface area contributed by atoms with E-state index < -0.39 is 78.8 Å². The third kappa shape index (κ3) is 16.4. The van der Waals surface area contributed by atoms with Crippen molar-refractivity contribution in [1.82, 2.24) is 20.3 Å². The van der Waals surface area contributed by atoms with Crippen molar-refractivity contribution in [1.29, 1.82) is 0 Å². The van der Waals surface area contributed by atoms with Crippen molar-refractivity contribution in [3.8, 4) is 11.1 Å². The summed E-state index contributed by atoms with van der Waals surface area (Å²) in [4.78, 5) is 30.0. The highest BCUT2D eigenvalue weighted by molar-refractivity contribution is 5.76. The summed E-state index contributed by atoms with van der Waals surface area (Å²) in [5.74, 6) is -1.72. The maximum atomic E-state index is 13.6. The molecule has 3 aliphatic rings. The Morgan fingerprint density at radius 2 is 1.66 bits per heavy atom. The van der Waals surface area contributed by atoms with Gasteiger partial charge in [0.1, 0.15) is 36.9 Å². The van der Waals surface area contributed by atoms with E-state index in [9.17, 15) is 39.5 Å². The molecule has 0 radical (unpaired) electrons. The molecule has 0 bridgehead atoms. The zero-order chi connectivity index (χ0) is 52.2. The Bertz CT molecular complexity index is 1860. The lowest BCUT2D eigenvalue weighted by atomic mass is 9.80. The Labute approximate surface area is 415 Å². The smallest absolute Gasteiger partial charge is 0.311 e.